The third kappa shape index (κ3) is 5.09. The van der Waals surface area contributed by atoms with Gasteiger partial charge >= 0.3 is 5.69 Å². The van der Waals surface area contributed by atoms with E-state index in [4.69, 9.17) is 26.1 Å². The first-order chi connectivity index (χ1) is 24.1. The first-order valence-corrected chi connectivity index (χ1v) is 16.9. The summed E-state index contributed by atoms with van der Waals surface area (Å²) < 4.78 is 14.3. The standard InChI is InChI=1S/C37H36ClN7O5/c1-20-22(7-6-10-25(20)41-33-31-27(13-14-39-33)43(2)36(48)44(3)35(31)47)23-8-5-9-24(32(23)38)26-15-21-11-12-28(30(21)34(42-26)49-4)45-18-37(19-45)17-40-29(46)16-50-37/h5-10,13-15,28H,11-12,16-19H2,1-4H3,(H,39,41)(H,40,46)/t28-/m1/s1. The first-order valence-electron chi connectivity index (χ1n) is 16.5. The fourth-order valence-corrected chi connectivity index (χ4v) is 8.01. The van der Waals surface area contributed by atoms with Crippen molar-refractivity contribution >= 4 is 39.9 Å². The summed E-state index contributed by atoms with van der Waals surface area (Å²) in [5, 5.41) is 7.17. The Balaban J connectivity index is 1.11. The number of aromatic nitrogens is 4. The molecule has 3 aliphatic rings. The highest BCUT2D eigenvalue weighted by Gasteiger charge is 2.50. The molecule has 0 radical (unpaired) electrons. The van der Waals surface area contributed by atoms with Crippen molar-refractivity contribution in [1.29, 1.82) is 0 Å². The summed E-state index contributed by atoms with van der Waals surface area (Å²) >= 11 is 7.22. The summed E-state index contributed by atoms with van der Waals surface area (Å²) in [6, 6.07) is 15.7. The highest BCUT2D eigenvalue weighted by Crippen LogP contribution is 2.47. The Kier molecular flexibility index (Phi) is 7.77. The van der Waals surface area contributed by atoms with Crippen LogP contribution in [-0.2, 0) is 30.0 Å². The number of nitrogens with one attached hydrogen (secondary N) is 2. The number of rotatable bonds is 6. The van der Waals surface area contributed by atoms with Gasteiger partial charge in [0.05, 0.1) is 23.3 Å². The van der Waals surface area contributed by atoms with Crippen LogP contribution in [0.4, 0.5) is 11.5 Å². The van der Waals surface area contributed by atoms with Gasteiger partial charge < -0.3 is 20.1 Å². The molecule has 5 heterocycles. The summed E-state index contributed by atoms with van der Waals surface area (Å²) in [5.41, 5.74) is 6.55. The van der Waals surface area contributed by atoms with Crippen LogP contribution in [0, 0.1) is 6.92 Å². The molecule has 2 aliphatic heterocycles. The van der Waals surface area contributed by atoms with Gasteiger partial charge in [-0.3, -0.25) is 23.6 Å². The number of hydrogen-bond donors (Lipinski definition) is 2. The Bertz CT molecular complexity index is 2330. The quantitative estimate of drug-likeness (QED) is 0.268. The van der Waals surface area contributed by atoms with E-state index in [1.54, 1.807) is 26.4 Å². The number of benzene rings is 2. The van der Waals surface area contributed by atoms with Crippen LogP contribution in [0.5, 0.6) is 5.88 Å². The zero-order valence-corrected chi connectivity index (χ0v) is 28.9. The molecule has 2 aromatic carbocycles. The van der Waals surface area contributed by atoms with Gasteiger partial charge in [0.1, 0.15) is 23.4 Å². The van der Waals surface area contributed by atoms with Crippen LogP contribution in [0.15, 0.2) is 64.3 Å². The SMILES string of the molecule is COc1nc(-c2cccc(-c3cccc(Nc4nccc5c4c(=O)n(C)c(=O)n5C)c3C)c2Cl)cc2c1[C@H](N1CC3(CNC(=O)CO3)C1)CC2. The molecule has 13 heteroatoms. The lowest BCUT2D eigenvalue weighted by Gasteiger charge is -2.53. The summed E-state index contributed by atoms with van der Waals surface area (Å²) in [6.45, 7) is 4.12. The maximum Gasteiger partial charge on any atom is 0.330 e. The maximum absolute atomic E-state index is 13.2. The van der Waals surface area contributed by atoms with E-state index in [1.165, 1.54) is 17.2 Å². The van der Waals surface area contributed by atoms with Crippen molar-refractivity contribution in [2.45, 2.75) is 31.4 Å². The number of ether oxygens (including phenoxy) is 2. The van der Waals surface area contributed by atoms with Crippen LogP contribution in [-0.4, -0.2) is 68.9 Å². The maximum atomic E-state index is 13.2. The van der Waals surface area contributed by atoms with E-state index in [1.807, 2.05) is 43.3 Å². The molecule has 0 saturated carbocycles. The molecular weight excluding hydrogens is 658 g/mol. The van der Waals surface area contributed by atoms with Gasteiger partial charge in [0.15, 0.2) is 0 Å². The Morgan fingerprint density at radius 3 is 2.56 bits per heavy atom. The van der Waals surface area contributed by atoms with Crippen LogP contribution in [0.3, 0.4) is 0 Å². The van der Waals surface area contributed by atoms with Gasteiger partial charge in [-0.25, -0.2) is 14.8 Å². The van der Waals surface area contributed by atoms with E-state index < -0.39 is 11.2 Å². The highest BCUT2D eigenvalue weighted by atomic mass is 35.5. The molecule has 2 fully saturated rings. The largest absolute Gasteiger partial charge is 0.481 e. The van der Waals surface area contributed by atoms with Gasteiger partial charge in [0.25, 0.3) is 5.56 Å². The third-order valence-corrected chi connectivity index (χ3v) is 10.8. The average molecular weight is 694 g/mol. The second kappa shape index (κ2) is 12.1. The van der Waals surface area contributed by atoms with Gasteiger partial charge in [-0.15, -0.1) is 0 Å². The molecule has 1 amide bonds. The molecule has 0 unspecified atom stereocenters. The fraction of sp³-hybridized carbons (Fsp3) is 0.324. The number of likely N-dealkylation sites (tertiary alicyclic amines) is 1. The lowest BCUT2D eigenvalue weighted by atomic mass is 9.89. The second-order valence-electron chi connectivity index (χ2n) is 13.3. The molecule has 3 aromatic heterocycles. The number of anilines is 2. The monoisotopic (exact) mass is 693 g/mol. The van der Waals surface area contributed by atoms with E-state index in [-0.39, 0.29) is 24.2 Å². The average Bonchev–Trinajstić information content (AvgIpc) is 3.54. The van der Waals surface area contributed by atoms with Gasteiger partial charge in [-0.05, 0) is 54.7 Å². The highest BCUT2D eigenvalue weighted by molar-refractivity contribution is 6.36. The molecule has 8 rings (SSSR count). The number of nitrogens with zero attached hydrogens (tertiary/aromatic N) is 5. The molecule has 0 bridgehead atoms. The number of morpholine rings is 1. The van der Waals surface area contributed by atoms with Crippen molar-refractivity contribution in [3.05, 3.63) is 97.3 Å². The number of methoxy groups -OCH3 is 1. The molecule has 2 N–H and O–H groups in total. The van der Waals surface area contributed by atoms with E-state index >= 15 is 0 Å². The Labute approximate surface area is 292 Å². The molecule has 50 heavy (non-hydrogen) atoms. The van der Waals surface area contributed by atoms with E-state index in [2.05, 4.69) is 26.6 Å². The van der Waals surface area contributed by atoms with Crippen LogP contribution >= 0.6 is 11.6 Å². The smallest absolute Gasteiger partial charge is 0.330 e. The minimum Gasteiger partial charge on any atom is -0.481 e. The van der Waals surface area contributed by atoms with Gasteiger partial charge in [0, 0.05) is 68.3 Å². The van der Waals surface area contributed by atoms with Crippen LogP contribution in [0.1, 0.15) is 29.2 Å². The first kappa shape index (κ1) is 32.2. The predicted octanol–water partition coefficient (Wildman–Crippen LogP) is 4.26. The van der Waals surface area contributed by atoms with Crippen molar-refractivity contribution < 1.29 is 14.3 Å². The van der Waals surface area contributed by atoms with E-state index in [9.17, 15) is 14.4 Å². The van der Waals surface area contributed by atoms with Crippen LogP contribution < -0.4 is 26.6 Å². The van der Waals surface area contributed by atoms with Gasteiger partial charge in [-0.1, -0.05) is 41.9 Å². The number of carbonyl (C=O) groups excluding carboxylic acids is 1. The van der Waals surface area contributed by atoms with Crippen molar-refractivity contribution in [2.24, 2.45) is 14.1 Å². The number of halogens is 1. The summed E-state index contributed by atoms with van der Waals surface area (Å²) in [6.07, 6.45) is 3.41. The second-order valence-corrected chi connectivity index (χ2v) is 13.7. The molecule has 1 spiro atoms. The Hall–Kier alpha value is -5.04. The molecule has 12 nitrogen and oxygen atoms in total. The molecule has 2 saturated heterocycles. The van der Waals surface area contributed by atoms with Gasteiger partial charge in [-0.2, -0.15) is 0 Å². The van der Waals surface area contributed by atoms with Gasteiger partial charge in [0.2, 0.25) is 11.8 Å². The molecule has 256 valence electrons. The molecule has 1 aliphatic carbocycles. The topological polar surface area (TPSA) is 133 Å². The molecule has 5 aromatic rings. The zero-order valence-electron chi connectivity index (χ0n) is 28.2. The fourth-order valence-electron chi connectivity index (χ4n) is 7.69. The Morgan fingerprint density at radius 2 is 1.80 bits per heavy atom. The van der Waals surface area contributed by atoms with Crippen molar-refractivity contribution in [3.8, 4) is 28.3 Å². The minimum absolute atomic E-state index is 0.0672. The summed E-state index contributed by atoms with van der Waals surface area (Å²) in [5.74, 6) is 0.884. The number of carbonyl (C=O) groups is 1. The van der Waals surface area contributed by atoms with Crippen molar-refractivity contribution in [1.82, 2.24) is 29.3 Å². The Morgan fingerprint density at radius 1 is 1.04 bits per heavy atom. The summed E-state index contributed by atoms with van der Waals surface area (Å²) in [7, 11) is 4.75. The van der Waals surface area contributed by atoms with E-state index in [0.717, 1.165) is 69.7 Å². The third-order valence-electron chi connectivity index (χ3n) is 10.4. The number of aryl methyl sites for hydroxylation is 2. The number of pyridine rings is 2. The van der Waals surface area contributed by atoms with Crippen molar-refractivity contribution in [2.75, 3.05) is 38.7 Å². The van der Waals surface area contributed by atoms with E-state index in [0.29, 0.717) is 34.2 Å². The van der Waals surface area contributed by atoms with Crippen LogP contribution in [0.25, 0.3) is 33.3 Å². The molecular formula is C37H36ClN7O5. The number of fused-ring (bicyclic) bond motifs is 2. The lowest BCUT2D eigenvalue weighted by molar-refractivity contribution is -0.179. The zero-order chi connectivity index (χ0) is 34.9. The van der Waals surface area contributed by atoms with Crippen LogP contribution in [0.2, 0.25) is 5.02 Å². The van der Waals surface area contributed by atoms with Crippen molar-refractivity contribution in [3.63, 3.8) is 0 Å². The molecule has 1 atom stereocenters. The normalized spacial score (nSPS) is 18.2. The predicted molar refractivity (Wildman–Crippen MR) is 191 cm³/mol. The number of amides is 1. The summed E-state index contributed by atoms with van der Waals surface area (Å²) in [4.78, 5) is 49.2. The minimum atomic E-state index is -0.422. The number of hydrogen-bond acceptors (Lipinski definition) is 9. The lowest BCUT2D eigenvalue weighted by Crippen LogP contribution is -2.70.